The van der Waals surface area contributed by atoms with E-state index in [1.54, 1.807) is 36.4 Å². The highest BCUT2D eigenvalue weighted by atomic mass is 28.3. The highest BCUT2D eigenvalue weighted by molar-refractivity contribution is 7.20. The number of imidazole rings is 1. The van der Waals surface area contributed by atoms with E-state index in [0.717, 1.165) is 54.8 Å². The van der Waals surface area contributed by atoms with Crippen molar-refractivity contribution in [2.75, 3.05) is 0 Å². The van der Waals surface area contributed by atoms with E-state index < -0.39 is 32.6 Å². The minimum absolute atomic E-state index is 0.114. The zero-order chi connectivity index (χ0) is 49.9. The lowest BCUT2D eigenvalue weighted by Crippen LogP contribution is -2.74. The summed E-state index contributed by atoms with van der Waals surface area (Å²) in [7, 11) is -3.37. The number of nitrogens with zero attached hydrogens (tertiary/aromatic N) is 2. The molecule has 3 heterocycles. The van der Waals surface area contributed by atoms with E-state index in [9.17, 15) is 0 Å². The summed E-state index contributed by atoms with van der Waals surface area (Å²) >= 11 is 0. The second kappa shape index (κ2) is 14.8. The standard InChI is InChI=1S/C60H54N2O2Si/c1-58(2,3)47-35-33-41(37-45(47)43-25-19-28-50-55(43)63-54-32-18-15-27-49(54)60(50,7)8)65(39-21-11-9-12-22-39,40-23-13-10-14-24-40)42-34-36-48(59(4,5)6)46(38-42)44-26-20-31-53-56(44)64-57-61-51-29-16-17-30-52(51)62(53)57/h9-38H,1-8H3/i7D3,8D3. The normalized spacial score (nSPS) is 15.5. The Morgan fingerprint density at radius 1 is 0.508 bits per heavy atom. The van der Waals surface area contributed by atoms with Crippen LogP contribution in [0, 0.1) is 0 Å². The minimum atomic E-state index is -3.37. The molecule has 0 saturated carbocycles. The van der Waals surface area contributed by atoms with Crippen LogP contribution in [0.1, 0.15) is 85.7 Å². The lowest BCUT2D eigenvalue weighted by atomic mass is 9.74. The summed E-state index contributed by atoms with van der Waals surface area (Å²) in [5, 5.41) is 4.57. The molecule has 11 rings (SSSR count). The number of oxazole rings is 1. The summed E-state index contributed by atoms with van der Waals surface area (Å²) in [6, 6.07) is 61.8. The number of rotatable bonds is 6. The van der Waals surface area contributed by atoms with Gasteiger partial charge in [-0.3, -0.25) is 4.40 Å². The Hall–Kier alpha value is -6.95. The second-order valence-corrected chi connectivity index (χ2v) is 23.3. The number of benzene rings is 8. The molecule has 5 heteroatoms. The molecule has 0 spiro atoms. The molecule has 4 nitrogen and oxygen atoms in total. The molecule has 8 aromatic carbocycles. The van der Waals surface area contributed by atoms with Crippen LogP contribution in [0.5, 0.6) is 11.5 Å². The summed E-state index contributed by atoms with van der Waals surface area (Å²) in [5.41, 5.74) is 6.40. The van der Waals surface area contributed by atoms with Crippen LogP contribution in [0.15, 0.2) is 186 Å². The number of ether oxygens (including phenoxy) is 1. The molecule has 0 bridgehead atoms. The van der Waals surface area contributed by atoms with Crippen LogP contribution in [-0.4, -0.2) is 17.5 Å². The number of fused-ring (bicyclic) bond motifs is 7. The molecule has 0 saturated heterocycles. The summed E-state index contributed by atoms with van der Waals surface area (Å²) in [4.78, 5) is 4.90. The molecule has 0 fully saturated rings. The van der Waals surface area contributed by atoms with Gasteiger partial charge in [-0.25, -0.2) is 0 Å². The Balaban J connectivity index is 1.23. The zero-order valence-corrected chi connectivity index (χ0v) is 38.5. The summed E-state index contributed by atoms with van der Waals surface area (Å²) < 4.78 is 70.0. The van der Waals surface area contributed by atoms with Crippen LogP contribution in [0.25, 0.3) is 50.2 Å². The number of hydrogen-bond donors (Lipinski definition) is 0. The van der Waals surface area contributed by atoms with Crippen molar-refractivity contribution < 1.29 is 17.4 Å². The quantitative estimate of drug-likeness (QED) is 0.123. The van der Waals surface area contributed by atoms with E-state index >= 15 is 0 Å². The second-order valence-electron chi connectivity index (χ2n) is 19.5. The van der Waals surface area contributed by atoms with E-state index in [-0.39, 0.29) is 28.0 Å². The Morgan fingerprint density at radius 2 is 1.05 bits per heavy atom. The largest absolute Gasteiger partial charge is 0.456 e. The van der Waals surface area contributed by atoms with Gasteiger partial charge in [-0.05, 0) is 78.1 Å². The number of para-hydroxylation sites is 5. The van der Waals surface area contributed by atoms with Gasteiger partial charge in [0.1, 0.15) is 11.5 Å². The van der Waals surface area contributed by atoms with E-state index in [0.29, 0.717) is 11.4 Å². The zero-order valence-electron chi connectivity index (χ0n) is 43.5. The number of hydrogen-bond acceptors (Lipinski definition) is 3. The molecule has 65 heavy (non-hydrogen) atoms. The number of aromatic nitrogens is 2. The van der Waals surface area contributed by atoms with Gasteiger partial charge in [-0.2, -0.15) is 4.98 Å². The first-order valence-electron chi connectivity index (χ1n) is 25.4. The molecular formula is C60H54N2O2Si. The summed E-state index contributed by atoms with van der Waals surface area (Å²) in [5.74, 6) is 0.983. The molecular weight excluding hydrogens is 809 g/mol. The fourth-order valence-electron chi connectivity index (χ4n) is 10.4. The average Bonchev–Trinajstić information content (AvgIpc) is 3.89. The molecule has 1 aliphatic heterocycles. The Kier molecular flexibility index (Phi) is 7.84. The highest BCUT2D eigenvalue weighted by Gasteiger charge is 2.44. The van der Waals surface area contributed by atoms with Gasteiger partial charge in [-0.15, -0.1) is 0 Å². The first-order chi connectivity index (χ1) is 33.8. The molecule has 0 amide bonds. The van der Waals surface area contributed by atoms with E-state index in [1.165, 1.54) is 15.9 Å². The van der Waals surface area contributed by atoms with Gasteiger partial charge >= 0.3 is 5.84 Å². The Bertz CT molecular complexity index is 3640. The van der Waals surface area contributed by atoms with Crippen molar-refractivity contribution in [1.29, 1.82) is 0 Å². The molecule has 0 atom stereocenters. The lowest BCUT2D eigenvalue weighted by Gasteiger charge is -2.38. The molecule has 0 radical (unpaired) electrons. The fourth-order valence-corrected chi connectivity index (χ4v) is 15.1. The topological polar surface area (TPSA) is 39.7 Å². The van der Waals surface area contributed by atoms with Crippen molar-refractivity contribution >= 4 is 56.8 Å². The average molecular weight is 869 g/mol. The molecule has 0 aliphatic carbocycles. The van der Waals surface area contributed by atoms with Gasteiger partial charge in [0, 0.05) is 35.9 Å². The van der Waals surface area contributed by atoms with Crippen molar-refractivity contribution in [1.82, 2.24) is 9.38 Å². The fraction of sp³-hybridized carbons (Fsp3) is 0.183. The first-order valence-corrected chi connectivity index (χ1v) is 24.4. The molecule has 0 N–H and O–H groups in total. The Morgan fingerprint density at radius 3 is 1.69 bits per heavy atom. The van der Waals surface area contributed by atoms with E-state index in [4.69, 9.17) is 22.4 Å². The van der Waals surface area contributed by atoms with Crippen molar-refractivity contribution in [3.63, 3.8) is 0 Å². The van der Waals surface area contributed by atoms with Gasteiger partial charge in [-0.1, -0.05) is 213 Å². The van der Waals surface area contributed by atoms with Gasteiger partial charge in [0.25, 0.3) is 0 Å². The maximum atomic E-state index is 9.05. The molecule has 0 unspecified atom stereocenters. The third-order valence-corrected chi connectivity index (χ3v) is 18.1. The summed E-state index contributed by atoms with van der Waals surface area (Å²) in [6.45, 7) is 7.29. The van der Waals surface area contributed by atoms with E-state index in [1.807, 2.05) is 24.3 Å². The predicted octanol–water partition coefficient (Wildman–Crippen LogP) is 13.0. The van der Waals surface area contributed by atoms with Gasteiger partial charge in [0.05, 0.1) is 16.6 Å². The molecule has 1 aliphatic rings. The Labute approximate surface area is 391 Å². The molecule has 2 aromatic heterocycles. The van der Waals surface area contributed by atoms with Crippen LogP contribution in [0.4, 0.5) is 0 Å². The SMILES string of the molecule is [2H]C([2H])([2H])C1(C([2H])([2H])[2H])c2ccccc2Oc2c(-c3cc([Si](c4ccccc4)(c4ccccc4)c4ccc(C(C)(C)C)c(-c5cccc6c5oc5nc7ccccc7n56)c4)ccc3C(C)(C)C)cccc21. The first kappa shape index (κ1) is 34.5. The van der Waals surface area contributed by atoms with Crippen molar-refractivity contribution in [2.24, 2.45) is 0 Å². The minimum Gasteiger partial charge on any atom is -0.456 e. The monoisotopic (exact) mass is 868 g/mol. The maximum Gasteiger partial charge on any atom is 0.307 e. The van der Waals surface area contributed by atoms with Crippen molar-refractivity contribution in [3.05, 3.63) is 204 Å². The predicted molar refractivity (Wildman–Crippen MR) is 273 cm³/mol. The van der Waals surface area contributed by atoms with Crippen LogP contribution >= 0.6 is 0 Å². The van der Waals surface area contributed by atoms with Crippen LogP contribution in [0.3, 0.4) is 0 Å². The van der Waals surface area contributed by atoms with Crippen LogP contribution in [0.2, 0.25) is 0 Å². The molecule has 10 aromatic rings. The van der Waals surface area contributed by atoms with Gasteiger partial charge in [0.15, 0.2) is 13.7 Å². The van der Waals surface area contributed by atoms with Gasteiger partial charge in [0.2, 0.25) is 0 Å². The highest BCUT2D eigenvalue weighted by Crippen LogP contribution is 2.52. The maximum absolute atomic E-state index is 9.05. The van der Waals surface area contributed by atoms with Crippen molar-refractivity contribution in [2.45, 2.75) is 71.5 Å². The summed E-state index contributed by atoms with van der Waals surface area (Å²) in [6.07, 6.45) is 0. The molecule has 320 valence electrons. The smallest absolute Gasteiger partial charge is 0.307 e. The van der Waals surface area contributed by atoms with Gasteiger partial charge < -0.3 is 9.15 Å². The lowest BCUT2D eigenvalue weighted by molar-refractivity contribution is 0.419. The third kappa shape index (κ3) is 6.35. The van der Waals surface area contributed by atoms with Crippen LogP contribution in [-0.2, 0) is 16.2 Å². The third-order valence-electron chi connectivity index (χ3n) is 13.4. The van der Waals surface area contributed by atoms with Crippen molar-refractivity contribution in [3.8, 4) is 33.8 Å². The van der Waals surface area contributed by atoms with E-state index in [2.05, 4.69) is 167 Å². The van der Waals surface area contributed by atoms with Crippen LogP contribution < -0.4 is 25.5 Å².